The quantitative estimate of drug-likeness (QED) is 0.526. The molecule has 8 nitrogen and oxygen atoms in total. The second kappa shape index (κ2) is 9.45. The Balaban J connectivity index is 1.76. The molecule has 3 aromatic rings. The van der Waals surface area contributed by atoms with E-state index in [2.05, 4.69) is 5.32 Å². The number of nitrogens with zero attached hydrogens (tertiary/aromatic N) is 1. The molecule has 0 unspecified atom stereocenters. The summed E-state index contributed by atoms with van der Waals surface area (Å²) in [6.45, 7) is 1.51. The maximum atomic E-state index is 13.9. The van der Waals surface area contributed by atoms with Crippen LogP contribution in [0.2, 0.25) is 0 Å². The number of methoxy groups -OCH3 is 3. The van der Waals surface area contributed by atoms with Crippen molar-refractivity contribution in [1.29, 1.82) is 0 Å². The number of Topliss-reactive ketones (excluding diaryl/α,β-unsaturated/α-hetero) is 1. The molecular formula is C28H28N2O6. The largest absolute Gasteiger partial charge is 0.493 e. The number of benzene rings is 2. The first kappa shape index (κ1) is 23.5. The highest BCUT2D eigenvalue weighted by Gasteiger charge is 2.42. The van der Waals surface area contributed by atoms with Crippen LogP contribution in [-0.4, -0.2) is 33.0 Å². The minimum Gasteiger partial charge on any atom is -0.493 e. The summed E-state index contributed by atoms with van der Waals surface area (Å²) >= 11 is 0. The van der Waals surface area contributed by atoms with E-state index in [1.54, 1.807) is 23.3 Å². The lowest BCUT2D eigenvalue weighted by molar-refractivity contribution is -0.117. The number of fused-ring (bicyclic) bond motifs is 1. The number of carbonyl (C=O) groups excluding carboxylic acids is 2. The van der Waals surface area contributed by atoms with Crippen molar-refractivity contribution >= 4 is 23.1 Å². The fourth-order valence-electron chi connectivity index (χ4n) is 5.24. The molecule has 0 saturated heterocycles. The number of ketones is 1. The smallest absolute Gasteiger partial charge is 0.224 e. The highest BCUT2D eigenvalue weighted by atomic mass is 16.5. The van der Waals surface area contributed by atoms with E-state index in [1.807, 2.05) is 36.4 Å². The topological polar surface area (TPSA) is 90.2 Å². The van der Waals surface area contributed by atoms with Crippen LogP contribution in [0.3, 0.4) is 0 Å². The fraction of sp³-hybridized carbons (Fsp3) is 0.286. The summed E-state index contributed by atoms with van der Waals surface area (Å²) in [6.07, 6.45) is 2.46. The van der Waals surface area contributed by atoms with Crippen molar-refractivity contribution < 1.29 is 28.2 Å². The molecule has 2 aromatic carbocycles. The number of nitrogens with one attached hydrogen (secondary N) is 1. The zero-order valence-electron chi connectivity index (χ0n) is 20.7. The Morgan fingerprint density at radius 2 is 1.72 bits per heavy atom. The summed E-state index contributed by atoms with van der Waals surface area (Å²) in [4.78, 5) is 28.7. The Morgan fingerprint density at radius 3 is 2.33 bits per heavy atom. The van der Waals surface area contributed by atoms with Crippen LogP contribution in [0.25, 0.3) is 0 Å². The number of hydrogen-bond acceptors (Lipinski definition) is 7. The molecule has 2 atom stereocenters. The van der Waals surface area contributed by atoms with Gasteiger partial charge in [-0.05, 0) is 48.4 Å². The van der Waals surface area contributed by atoms with Crippen LogP contribution in [0, 0.1) is 0 Å². The van der Waals surface area contributed by atoms with Gasteiger partial charge in [0.1, 0.15) is 5.76 Å². The maximum Gasteiger partial charge on any atom is 0.224 e. The summed E-state index contributed by atoms with van der Waals surface area (Å²) in [7, 11) is 4.62. The molecule has 2 aliphatic rings. The van der Waals surface area contributed by atoms with Gasteiger partial charge in [-0.25, -0.2) is 0 Å². The maximum absolute atomic E-state index is 13.9. The third-order valence-corrected chi connectivity index (χ3v) is 6.78. The number of ether oxygens (including phenoxy) is 3. The molecule has 36 heavy (non-hydrogen) atoms. The molecule has 0 fully saturated rings. The van der Waals surface area contributed by atoms with Gasteiger partial charge in [0.05, 0.1) is 45.0 Å². The van der Waals surface area contributed by atoms with Crippen LogP contribution in [0.15, 0.2) is 70.5 Å². The van der Waals surface area contributed by atoms with Crippen molar-refractivity contribution in [2.75, 3.05) is 31.5 Å². The molecule has 1 aliphatic carbocycles. The van der Waals surface area contributed by atoms with Gasteiger partial charge in [0.2, 0.25) is 11.7 Å². The Kier molecular flexibility index (Phi) is 6.18. The van der Waals surface area contributed by atoms with E-state index in [9.17, 15) is 9.59 Å². The summed E-state index contributed by atoms with van der Waals surface area (Å²) < 4.78 is 22.3. The number of para-hydroxylation sites is 2. The third kappa shape index (κ3) is 3.88. The highest BCUT2D eigenvalue weighted by molar-refractivity contribution is 6.06. The van der Waals surface area contributed by atoms with Gasteiger partial charge in [-0.3, -0.25) is 14.5 Å². The summed E-state index contributed by atoms with van der Waals surface area (Å²) in [5, 5.41) is 3.48. The molecule has 2 heterocycles. The number of allylic oxidation sites excluding steroid dienone is 1. The van der Waals surface area contributed by atoms with Gasteiger partial charge in [0.15, 0.2) is 17.3 Å². The molecule has 1 aliphatic heterocycles. The second-order valence-electron chi connectivity index (χ2n) is 8.83. The molecule has 1 amide bonds. The van der Waals surface area contributed by atoms with Crippen molar-refractivity contribution in [2.24, 2.45) is 0 Å². The Morgan fingerprint density at radius 1 is 1.00 bits per heavy atom. The van der Waals surface area contributed by atoms with E-state index >= 15 is 0 Å². The number of anilines is 2. The first-order chi connectivity index (χ1) is 17.5. The standard InChI is InChI=1S/C28H28N2O6/c1-16(31)30-21-9-6-5-8-19(21)29-20-12-17(23-10-7-11-36-23)13-22(32)26(20)27(30)18-14-24(33-2)28(35-4)25(15-18)34-3/h5-11,14-15,17,27,29H,12-13H2,1-4H3/t17-,27-/m1/s1. The first-order valence-corrected chi connectivity index (χ1v) is 11.7. The molecule has 8 heteroatoms. The molecule has 5 rings (SSSR count). The molecule has 1 aromatic heterocycles. The monoisotopic (exact) mass is 488 g/mol. The molecule has 1 N–H and O–H groups in total. The average Bonchev–Trinajstić information content (AvgIpc) is 3.37. The summed E-state index contributed by atoms with van der Waals surface area (Å²) in [5.41, 5.74) is 3.42. The van der Waals surface area contributed by atoms with E-state index in [0.717, 1.165) is 17.1 Å². The van der Waals surface area contributed by atoms with E-state index in [4.69, 9.17) is 18.6 Å². The lowest BCUT2D eigenvalue weighted by atomic mass is 9.80. The van der Waals surface area contributed by atoms with Crippen molar-refractivity contribution in [3.63, 3.8) is 0 Å². The van der Waals surface area contributed by atoms with Crippen LogP contribution in [0.4, 0.5) is 11.4 Å². The molecule has 0 radical (unpaired) electrons. The summed E-state index contributed by atoms with van der Waals surface area (Å²) in [6, 6.07) is 14.2. The normalized spacial score (nSPS) is 19.1. The average molecular weight is 489 g/mol. The van der Waals surface area contributed by atoms with E-state index in [-0.39, 0.29) is 24.0 Å². The molecule has 0 bridgehead atoms. The van der Waals surface area contributed by atoms with Crippen LogP contribution in [0.1, 0.15) is 43.0 Å². The van der Waals surface area contributed by atoms with Crippen molar-refractivity contribution in [1.82, 2.24) is 0 Å². The zero-order valence-corrected chi connectivity index (χ0v) is 20.7. The molecule has 186 valence electrons. The third-order valence-electron chi connectivity index (χ3n) is 6.78. The molecular weight excluding hydrogens is 460 g/mol. The van der Waals surface area contributed by atoms with Crippen LogP contribution < -0.4 is 24.4 Å². The minimum atomic E-state index is -0.701. The fourth-order valence-corrected chi connectivity index (χ4v) is 5.24. The minimum absolute atomic E-state index is 0.0528. The molecule has 0 spiro atoms. The van der Waals surface area contributed by atoms with Crippen LogP contribution in [0.5, 0.6) is 17.2 Å². The number of furan rings is 1. The van der Waals surface area contributed by atoms with Gasteiger partial charge in [-0.2, -0.15) is 0 Å². The van der Waals surface area contributed by atoms with E-state index in [0.29, 0.717) is 40.5 Å². The van der Waals surface area contributed by atoms with Crippen molar-refractivity contribution in [3.05, 3.63) is 77.4 Å². The van der Waals surface area contributed by atoms with Crippen molar-refractivity contribution in [2.45, 2.75) is 31.7 Å². The SMILES string of the molecule is COc1cc([C@@H]2C3=C(C[C@@H](c4ccco4)CC3=O)Nc3ccccc3N2C(C)=O)cc(OC)c1OC. The summed E-state index contributed by atoms with van der Waals surface area (Å²) in [5.74, 6) is 1.74. The number of rotatable bonds is 5. The van der Waals surface area contributed by atoms with E-state index < -0.39 is 6.04 Å². The van der Waals surface area contributed by atoms with Gasteiger partial charge < -0.3 is 23.9 Å². The Labute approximate surface area is 209 Å². The highest BCUT2D eigenvalue weighted by Crippen LogP contribution is 2.49. The first-order valence-electron chi connectivity index (χ1n) is 11.7. The Bertz CT molecular complexity index is 1320. The number of amides is 1. The van der Waals surface area contributed by atoms with Gasteiger partial charge in [-0.1, -0.05) is 12.1 Å². The lowest BCUT2D eigenvalue weighted by Gasteiger charge is -2.34. The van der Waals surface area contributed by atoms with Crippen molar-refractivity contribution in [3.8, 4) is 17.2 Å². The number of carbonyl (C=O) groups is 2. The van der Waals surface area contributed by atoms with Gasteiger partial charge in [-0.15, -0.1) is 0 Å². The van der Waals surface area contributed by atoms with Crippen LogP contribution >= 0.6 is 0 Å². The number of hydrogen-bond donors (Lipinski definition) is 1. The second-order valence-corrected chi connectivity index (χ2v) is 8.83. The van der Waals surface area contributed by atoms with Gasteiger partial charge in [0.25, 0.3) is 0 Å². The predicted molar refractivity (Wildman–Crippen MR) is 135 cm³/mol. The Hall–Kier alpha value is -4.20. The van der Waals surface area contributed by atoms with Gasteiger partial charge >= 0.3 is 0 Å². The predicted octanol–water partition coefficient (Wildman–Crippen LogP) is 5.23. The molecule has 0 saturated carbocycles. The van der Waals surface area contributed by atoms with Gasteiger partial charge in [0, 0.05) is 30.5 Å². The lowest BCUT2D eigenvalue weighted by Crippen LogP contribution is -2.37. The van der Waals surface area contributed by atoms with Crippen LogP contribution in [-0.2, 0) is 9.59 Å². The van der Waals surface area contributed by atoms with E-state index in [1.165, 1.54) is 28.3 Å². The zero-order chi connectivity index (χ0) is 25.4.